The number of anilines is 1. The number of hydrogen-bond donors (Lipinski definition) is 1. The molecule has 0 saturated heterocycles. The standard InChI is InChI=1S/C24H28N2O5/c1-5-31-14-8-13-26-23(27)21(17-9-6-7-10-19(17)29-3)22(24(26)28)25-18-15-16(2)11-12-20(18)30-4/h6-7,9-12,15,25H,5,8,13-14H2,1-4H3. The SMILES string of the molecule is CCOCCCN1C(=O)C(Nc2cc(C)ccc2OC)=C(c2ccccc2OC)C1=O. The van der Waals surface area contributed by atoms with Crippen LogP contribution in [-0.4, -0.2) is 50.7 Å². The fourth-order valence-electron chi connectivity index (χ4n) is 3.52. The van der Waals surface area contributed by atoms with Crippen LogP contribution < -0.4 is 14.8 Å². The summed E-state index contributed by atoms with van der Waals surface area (Å²) in [6.45, 7) is 5.19. The van der Waals surface area contributed by atoms with Crippen LogP contribution in [0.2, 0.25) is 0 Å². The number of rotatable bonds is 10. The lowest BCUT2D eigenvalue weighted by Crippen LogP contribution is -2.34. The number of benzene rings is 2. The molecular formula is C24H28N2O5. The number of para-hydroxylation sites is 1. The van der Waals surface area contributed by atoms with Gasteiger partial charge in [0.2, 0.25) is 0 Å². The normalized spacial score (nSPS) is 13.7. The Kier molecular flexibility index (Phi) is 7.31. The summed E-state index contributed by atoms with van der Waals surface area (Å²) >= 11 is 0. The van der Waals surface area contributed by atoms with E-state index >= 15 is 0 Å². The van der Waals surface area contributed by atoms with Gasteiger partial charge in [-0.1, -0.05) is 24.3 Å². The molecule has 1 aliphatic rings. The first-order valence-corrected chi connectivity index (χ1v) is 10.2. The fraction of sp³-hybridized carbons (Fsp3) is 0.333. The molecule has 0 atom stereocenters. The second-order valence-electron chi connectivity index (χ2n) is 7.09. The van der Waals surface area contributed by atoms with Crippen molar-refractivity contribution in [2.75, 3.05) is 39.3 Å². The largest absolute Gasteiger partial charge is 0.496 e. The van der Waals surface area contributed by atoms with Crippen molar-refractivity contribution in [3.8, 4) is 11.5 Å². The van der Waals surface area contributed by atoms with E-state index in [2.05, 4.69) is 5.32 Å². The van der Waals surface area contributed by atoms with E-state index in [0.717, 1.165) is 5.56 Å². The zero-order valence-corrected chi connectivity index (χ0v) is 18.4. The number of carbonyl (C=O) groups excluding carboxylic acids is 2. The molecule has 1 N–H and O–H groups in total. The molecule has 1 heterocycles. The van der Waals surface area contributed by atoms with Crippen LogP contribution in [0.25, 0.3) is 5.57 Å². The minimum atomic E-state index is -0.383. The quantitative estimate of drug-likeness (QED) is 0.464. The van der Waals surface area contributed by atoms with Crippen molar-refractivity contribution in [3.63, 3.8) is 0 Å². The van der Waals surface area contributed by atoms with Crippen LogP contribution in [0, 0.1) is 6.92 Å². The fourth-order valence-corrected chi connectivity index (χ4v) is 3.52. The van der Waals surface area contributed by atoms with Gasteiger partial charge in [-0.25, -0.2) is 0 Å². The molecule has 3 rings (SSSR count). The van der Waals surface area contributed by atoms with E-state index in [1.54, 1.807) is 19.2 Å². The number of nitrogens with zero attached hydrogens (tertiary/aromatic N) is 1. The third kappa shape index (κ3) is 4.72. The average Bonchev–Trinajstić information content (AvgIpc) is 3.00. The first kappa shape index (κ1) is 22.4. The molecule has 31 heavy (non-hydrogen) atoms. The lowest BCUT2D eigenvalue weighted by atomic mass is 10.0. The third-order valence-corrected chi connectivity index (χ3v) is 5.03. The molecule has 2 amide bonds. The second kappa shape index (κ2) is 10.1. The van der Waals surface area contributed by atoms with Gasteiger partial charge in [0.15, 0.2) is 0 Å². The topological polar surface area (TPSA) is 77.1 Å². The number of amides is 2. The maximum atomic E-state index is 13.3. The molecule has 0 saturated carbocycles. The lowest BCUT2D eigenvalue weighted by molar-refractivity contribution is -0.137. The molecule has 2 aromatic rings. The van der Waals surface area contributed by atoms with Crippen molar-refractivity contribution < 1.29 is 23.8 Å². The van der Waals surface area contributed by atoms with Gasteiger partial charge in [0, 0.05) is 25.3 Å². The maximum Gasteiger partial charge on any atom is 0.278 e. The number of aryl methyl sites for hydroxylation is 1. The van der Waals surface area contributed by atoms with Gasteiger partial charge in [-0.15, -0.1) is 0 Å². The molecular weight excluding hydrogens is 396 g/mol. The van der Waals surface area contributed by atoms with Gasteiger partial charge in [0.1, 0.15) is 17.2 Å². The van der Waals surface area contributed by atoms with Crippen LogP contribution in [0.3, 0.4) is 0 Å². The molecule has 0 fully saturated rings. The molecule has 7 heteroatoms. The number of imide groups is 1. The van der Waals surface area contributed by atoms with Gasteiger partial charge in [0.05, 0.1) is 25.5 Å². The molecule has 1 aliphatic heterocycles. The molecule has 0 unspecified atom stereocenters. The minimum absolute atomic E-state index is 0.204. The Morgan fingerprint density at radius 1 is 0.968 bits per heavy atom. The van der Waals surface area contributed by atoms with Crippen LogP contribution in [0.15, 0.2) is 48.2 Å². The third-order valence-electron chi connectivity index (χ3n) is 5.03. The van der Waals surface area contributed by atoms with Crippen molar-refractivity contribution in [2.45, 2.75) is 20.3 Å². The van der Waals surface area contributed by atoms with E-state index in [9.17, 15) is 9.59 Å². The van der Waals surface area contributed by atoms with Crippen LogP contribution in [0.5, 0.6) is 11.5 Å². The van der Waals surface area contributed by atoms with E-state index in [1.165, 1.54) is 12.0 Å². The van der Waals surface area contributed by atoms with Crippen molar-refractivity contribution in [3.05, 3.63) is 59.3 Å². The van der Waals surface area contributed by atoms with E-state index in [4.69, 9.17) is 14.2 Å². The molecule has 0 spiro atoms. The van der Waals surface area contributed by atoms with E-state index in [-0.39, 0.29) is 29.6 Å². The van der Waals surface area contributed by atoms with Crippen molar-refractivity contribution in [2.24, 2.45) is 0 Å². The number of nitrogens with one attached hydrogen (secondary N) is 1. The highest BCUT2D eigenvalue weighted by atomic mass is 16.5. The van der Waals surface area contributed by atoms with Gasteiger partial charge in [0.25, 0.3) is 11.8 Å². The maximum absolute atomic E-state index is 13.3. The van der Waals surface area contributed by atoms with Crippen molar-refractivity contribution in [1.82, 2.24) is 4.90 Å². The van der Waals surface area contributed by atoms with E-state index in [0.29, 0.717) is 42.4 Å². The Hall–Kier alpha value is -3.32. The van der Waals surface area contributed by atoms with E-state index in [1.807, 2.05) is 44.2 Å². The molecule has 0 aliphatic carbocycles. The monoisotopic (exact) mass is 424 g/mol. The summed E-state index contributed by atoms with van der Waals surface area (Å²) in [7, 11) is 3.10. The Morgan fingerprint density at radius 3 is 2.42 bits per heavy atom. The smallest absolute Gasteiger partial charge is 0.278 e. The van der Waals surface area contributed by atoms with Crippen LogP contribution >= 0.6 is 0 Å². The number of ether oxygens (including phenoxy) is 3. The van der Waals surface area contributed by atoms with Gasteiger partial charge < -0.3 is 19.5 Å². The van der Waals surface area contributed by atoms with Crippen molar-refractivity contribution in [1.29, 1.82) is 0 Å². The Labute approximate surface area is 182 Å². The molecule has 0 radical (unpaired) electrons. The van der Waals surface area contributed by atoms with Gasteiger partial charge in [-0.05, 0) is 44.0 Å². The molecule has 164 valence electrons. The second-order valence-corrected chi connectivity index (χ2v) is 7.09. The first-order chi connectivity index (χ1) is 15.0. The molecule has 2 aromatic carbocycles. The predicted molar refractivity (Wildman–Crippen MR) is 119 cm³/mol. The molecule has 0 aromatic heterocycles. The predicted octanol–water partition coefficient (Wildman–Crippen LogP) is 3.63. The van der Waals surface area contributed by atoms with E-state index < -0.39 is 0 Å². The Morgan fingerprint density at radius 2 is 1.71 bits per heavy atom. The summed E-state index contributed by atoms with van der Waals surface area (Å²) in [6, 6.07) is 12.8. The Balaban J connectivity index is 2.05. The molecule has 0 bridgehead atoms. The lowest BCUT2D eigenvalue weighted by Gasteiger charge is -2.16. The highest BCUT2D eigenvalue weighted by Crippen LogP contribution is 2.37. The highest BCUT2D eigenvalue weighted by Gasteiger charge is 2.40. The summed E-state index contributed by atoms with van der Waals surface area (Å²) < 4.78 is 16.3. The number of carbonyl (C=O) groups is 2. The number of methoxy groups -OCH3 is 2. The minimum Gasteiger partial charge on any atom is -0.496 e. The van der Waals surface area contributed by atoms with Gasteiger partial charge >= 0.3 is 0 Å². The van der Waals surface area contributed by atoms with Gasteiger partial charge in [-0.2, -0.15) is 0 Å². The van der Waals surface area contributed by atoms with Crippen LogP contribution in [0.1, 0.15) is 24.5 Å². The van der Waals surface area contributed by atoms with Crippen LogP contribution in [-0.2, 0) is 14.3 Å². The Bertz CT molecular complexity index is 999. The summed E-state index contributed by atoms with van der Waals surface area (Å²) in [4.78, 5) is 27.9. The summed E-state index contributed by atoms with van der Waals surface area (Å²) in [5, 5.41) is 3.17. The average molecular weight is 424 g/mol. The summed E-state index contributed by atoms with van der Waals surface area (Å²) in [5.41, 5.74) is 2.65. The zero-order chi connectivity index (χ0) is 22.4. The first-order valence-electron chi connectivity index (χ1n) is 10.2. The summed E-state index contributed by atoms with van der Waals surface area (Å²) in [6.07, 6.45) is 0.561. The molecule has 7 nitrogen and oxygen atoms in total. The highest BCUT2D eigenvalue weighted by molar-refractivity contribution is 6.37. The van der Waals surface area contributed by atoms with Gasteiger partial charge in [-0.3, -0.25) is 14.5 Å². The summed E-state index contributed by atoms with van der Waals surface area (Å²) in [5.74, 6) is 0.351. The van der Waals surface area contributed by atoms with Crippen molar-refractivity contribution >= 4 is 23.1 Å². The zero-order valence-electron chi connectivity index (χ0n) is 18.4. The van der Waals surface area contributed by atoms with Crippen LogP contribution in [0.4, 0.5) is 5.69 Å². The number of hydrogen-bond acceptors (Lipinski definition) is 6.